The first kappa shape index (κ1) is 15.3. The molecule has 18 heavy (non-hydrogen) atoms. The van der Waals surface area contributed by atoms with Gasteiger partial charge in [0.1, 0.15) is 12.2 Å². The van der Waals surface area contributed by atoms with Crippen molar-refractivity contribution in [3.63, 3.8) is 0 Å². The molecule has 0 aromatic carbocycles. The van der Waals surface area contributed by atoms with Crippen molar-refractivity contribution < 1.29 is 4.21 Å². The molecule has 1 aromatic heterocycles. The first-order chi connectivity index (χ1) is 8.50. The highest BCUT2D eigenvalue weighted by atomic mass is 32.2. The van der Waals surface area contributed by atoms with Gasteiger partial charge in [0.05, 0.1) is 6.54 Å². The lowest BCUT2D eigenvalue weighted by Gasteiger charge is -2.11. The van der Waals surface area contributed by atoms with Crippen LogP contribution in [0.2, 0.25) is 0 Å². The van der Waals surface area contributed by atoms with Gasteiger partial charge in [-0.3, -0.25) is 4.21 Å². The maximum Gasteiger partial charge on any atom is 0.140 e. The van der Waals surface area contributed by atoms with Crippen LogP contribution < -0.4 is 5.32 Å². The van der Waals surface area contributed by atoms with Crippen LogP contribution in [0.4, 0.5) is 0 Å². The Balaban J connectivity index is 2.31. The monoisotopic (exact) mass is 272 g/mol. The average molecular weight is 272 g/mol. The maximum absolute atomic E-state index is 11.2. The number of nitrogens with one attached hydrogen (secondary N) is 1. The number of nitrogens with zero attached hydrogens (tertiary/aromatic N) is 3. The minimum absolute atomic E-state index is 0.242. The molecule has 0 aliphatic rings. The fraction of sp³-hybridized carbons (Fsp3) is 0.833. The quantitative estimate of drug-likeness (QED) is 0.722. The van der Waals surface area contributed by atoms with Crippen molar-refractivity contribution >= 4 is 10.8 Å². The van der Waals surface area contributed by atoms with Crippen molar-refractivity contribution in [1.29, 1.82) is 0 Å². The number of hydrogen-bond donors (Lipinski definition) is 1. The van der Waals surface area contributed by atoms with Gasteiger partial charge in [0.25, 0.3) is 0 Å². The smallest absolute Gasteiger partial charge is 0.140 e. The van der Waals surface area contributed by atoms with Crippen LogP contribution in [-0.2, 0) is 23.9 Å². The Hall–Kier alpha value is -0.750. The minimum Gasteiger partial charge on any atom is -0.310 e. The molecule has 1 N–H and O–H groups in total. The number of aromatic nitrogens is 3. The molecule has 0 aliphatic carbocycles. The average Bonchev–Trinajstić information content (AvgIpc) is 2.70. The van der Waals surface area contributed by atoms with E-state index < -0.39 is 10.8 Å². The lowest BCUT2D eigenvalue weighted by Crippen LogP contribution is -2.23. The molecule has 0 amide bonds. The number of hydrogen-bond acceptors (Lipinski definition) is 4. The highest BCUT2D eigenvalue weighted by Crippen LogP contribution is 2.01. The Morgan fingerprint density at radius 2 is 2.17 bits per heavy atom. The number of rotatable bonds is 8. The van der Waals surface area contributed by atoms with E-state index in [1.807, 2.05) is 11.6 Å². The summed E-state index contributed by atoms with van der Waals surface area (Å²) < 4.78 is 13.1. The molecule has 1 rings (SSSR count). The van der Waals surface area contributed by atoms with Crippen LogP contribution in [-0.4, -0.2) is 37.0 Å². The molecule has 0 bridgehead atoms. The third kappa shape index (κ3) is 5.27. The van der Waals surface area contributed by atoms with E-state index >= 15 is 0 Å². The predicted molar refractivity (Wildman–Crippen MR) is 74.7 cm³/mol. The van der Waals surface area contributed by atoms with Crippen LogP contribution in [0.1, 0.15) is 33.0 Å². The standard InChI is InChI=1S/C12H24N4OS/c1-10(2)8-16-12(14-9-15-16)7-13-6-5-11(3)18(4)17/h9-11,13H,5-8H2,1-4H3. The topological polar surface area (TPSA) is 59.8 Å². The molecule has 2 atom stereocenters. The first-order valence-electron chi connectivity index (χ1n) is 6.40. The Kier molecular flexibility index (Phi) is 6.49. The molecule has 1 heterocycles. The fourth-order valence-corrected chi connectivity index (χ4v) is 2.04. The Labute approximate surface area is 112 Å². The van der Waals surface area contributed by atoms with Gasteiger partial charge < -0.3 is 5.32 Å². The van der Waals surface area contributed by atoms with Crippen molar-refractivity contribution in [3.05, 3.63) is 12.2 Å². The summed E-state index contributed by atoms with van der Waals surface area (Å²) in [6.07, 6.45) is 4.27. The van der Waals surface area contributed by atoms with Gasteiger partial charge in [0.15, 0.2) is 0 Å². The van der Waals surface area contributed by atoms with E-state index in [9.17, 15) is 4.21 Å². The summed E-state index contributed by atoms with van der Waals surface area (Å²) in [6, 6.07) is 0. The summed E-state index contributed by atoms with van der Waals surface area (Å²) in [5.74, 6) is 1.53. The molecule has 0 saturated carbocycles. The van der Waals surface area contributed by atoms with E-state index in [4.69, 9.17) is 0 Å². The van der Waals surface area contributed by atoms with Crippen molar-refractivity contribution in [3.8, 4) is 0 Å². The van der Waals surface area contributed by atoms with E-state index in [0.29, 0.717) is 5.92 Å². The van der Waals surface area contributed by atoms with Gasteiger partial charge in [-0.1, -0.05) is 20.8 Å². The zero-order chi connectivity index (χ0) is 13.5. The highest BCUT2D eigenvalue weighted by Gasteiger charge is 2.07. The van der Waals surface area contributed by atoms with Gasteiger partial charge in [0, 0.05) is 28.9 Å². The van der Waals surface area contributed by atoms with E-state index in [-0.39, 0.29) is 5.25 Å². The maximum atomic E-state index is 11.2. The Morgan fingerprint density at radius 1 is 1.44 bits per heavy atom. The molecule has 0 saturated heterocycles. The molecule has 0 fully saturated rings. The summed E-state index contributed by atoms with van der Waals surface area (Å²) >= 11 is 0. The fourth-order valence-electron chi connectivity index (χ4n) is 1.59. The van der Waals surface area contributed by atoms with Gasteiger partial charge >= 0.3 is 0 Å². The molecule has 0 spiro atoms. The van der Waals surface area contributed by atoms with Gasteiger partial charge in [-0.25, -0.2) is 9.67 Å². The lowest BCUT2D eigenvalue weighted by molar-refractivity contribution is 0.457. The van der Waals surface area contributed by atoms with E-state index in [0.717, 1.165) is 31.9 Å². The SMILES string of the molecule is CC(C)Cn1ncnc1CNCCC(C)S(C)=O. The molecular formula is C12H24N4OS. The van der Waals surface area contributed by atoms with Gasteiger partial charge in [0.2, 0.25) is 0 Å². The predicted octanol–water partition coefficient (Wildman–Crippen LogP) is 1.18. The van der Waals surface area contributed by atoms with Crippen LogP contribution in [0.3, 0.4) is 0 Å². The molecule has 104 valence electrons. The minimum atomic E-state index is -0.736. The summed E-state index contributed by atoms with van der Waals surface area (Å²) in [4.78, 5) is 4.25. The lowest BCUT2D eigenvalue weighted by atomic mass is 10.2. The molecular weight excluding hydrogens is 248 g/mol. The molecule has 2 unspecified atom stereocenters. The van der Waals surface area contributed by atoms with Crippen LogP contribution in [0.25, 0.3) is 0 Å². The third-order valence-electron chi connectivity index (χ3n) is 2.81. The Morgan fingerprint density at radius 3 is 2.78 bits per heavy atom. The van der Waals surface area contributed by atoms with Gasteiger partial charge in [-0.05, 0) is 18.9 Å². The van der Waals surface area contributed by atoms with E-state index in [2.05, 4.69) is 29.2 Å². The third-order valence-corrected chi connectivity index (χ3v) is 4.18. The van der Waals surface area contributed by atoms with Crippen molar-refractivity contribution in [2.75, 3.05) is 12.8 Å². The largest absolute Gasteiger partial charge is 0.310 e. The zero-order valence-corrected chi connectivity index (χ0v) is 12.5. The van der Waals surface area contributed by atoms with E-state index in [1.54, 1.807) is 12.6 Å². The molecule has 5 nitrogen and oxygen atoms in total. The van der Waals surface area contributed by atoms with Crippen molar-refractivity contribution in [2.24, 2.45) is 5.92 Å². The molecule has 0 aliphatic heterocycles. The van der Waals surface area contributed by atoms with Crippen LogP contribution >= 0.6 is 0 Å². The van der Waals surface area contributed by atoms with Gasteiger partial charge in [-0.2, -0.15) is 5.10 Å². The second-order valence-corrected chi connectivity index (χ2v) is 6.83. The summed E-state index contributed by atoms with van der Waals surface area (Å²) in [6.45, 7) is 8.81. The van der Waals surface area contributed by atoms with Crippen molar-refractivity contribution in [1.82, 2.24) is 20.1 Å². The summed E-state index contributed by atoms with van der Waals surface area (Å²) in [5, 5.41) is 7.79. The second kappa shape index (κ2) is 7.63. The molecule has 6 heteroatoms. The Bertz CT molecular complexity index is 378. The van der Waals surface area contributed by atoms with Crippen LogP contribution in [0, 0.1) is 5.92 Å². The zero-order valence-electron chi connectivity index (χ0n) is 11.7. The van der Waals surface area contributed by atoms with Crippen LogP contribution in [0.5, 0.6) is 0 Å². The van der Waals surface area contributed by atoms with Crippen LogP contribution in [0.15, 0.2) is 6.33 Å². The summed E-state index contributed by atoms with van der Waals surface area (Å²) in [5.41, 5.74) is 0. The van der Waals surface area contributed by atoms with E-state index in [1.165, 1.54) is 0 Å². The second-order valence-electron chi connectivity index (χ2n) is 5.03. The summed E-state index contributed by atoms with van der Waals surface area (Å²) in [7, 11) is -0.736. The first-order valence-corrected chi connectivity index (χ1v) is 8.02. The van der Waals surface area contributed by atoms with Crippen molar-refractivity contribution in [2.45, 2.75) is 45.5 Å². The normalized spacial score (nSPS) is 14.9. The molecule has 0 radical (unpaired) electrons. The highest BCUT2D eigenvalue weighted by molar-refractivity contribution is 7.84. The molecule has 1 aromatic rings. The van der Waals surface area contributed by atoms with Gasteiger partial charge in [-0.15, -0.1) is 0 Å².